The first-order chi connectivity index (χ1) is 9.37. The molecule has 1 nitrogen and oxygen atoms in total. The molecule has 1 unspecified atom stereocenters. The Hall–Kier alpha value is -0.530. The van der Waals surface area contributed by atoms with Crippen LogP contribution in [0.2, 0.25) is 5.02 Å². The Bertz CT molecular complexity index is 391. The highest BCUT2D eigenvalue weighted by molar-refractivity contribution is 6.31. The van der Waals surface area contributed by atoms with Crippen molar-refractivity contribution in [3.8, 4) is 0 Å². The monoisotopic (exact) mass is 295 g/mol. The van der Waals surface area contributed by atoms with Crippen LogP contribution in [0.1, 0.15) is 53.0 Å². The Morgan fingerprint density at radius 3 is 2.15 bits per heavy atom. The highest BCUT2D eigenvalue weighted by Gasteiger charge is 2.22. The minimum absolute atomic E-state index is 0.171. The van der Waals surface area contributed by atoms with Crippen LogP contribution in [0, 0.1) is 11.8 Å². The van der Waals surface area contributed by atoms with Crippen molar-refractivity contribution in [3.05, 3.63) is 34.9 Å². The van der Waals surface area contributed by atoms with E-state index in [0.29, 0.717) is 5.92 Å². The van der Waals surface area contributed by atoms with Crippen LogP contribution in [-0.2, 0) is 6.42 Å². The van der Waals surface area contributed by atoms with Crippen LogP contribution >= 0.6 is 11.6 Å². The third-order valence-electron chi connectivity index (χ3n) is 4.05. The molecule has 1 atom stereocenters. The van der Waals surface area contributed by atoms with Gasteiger partial charge in [-0.3, -0.25) is 0 Å². The van der Waals surface area contributed by atoms with Gasteiger partial charge >= 0.3 is 0 Å². The molecule has 2 heteroatoms. The Kier molecular flexibility index (Phi) is 7.05. The molecule has 0 aromatic heterocycles. The van der Waals surface area contributed by atoms with Crippen LogP contribution in [0.25, 0.3) is 0 Å². The third-order valence-corrected chi connectivity index (χ3v) is 4.42. The van der Waals surface area contributed by atoms with Crippen LogP contribution in [0.3, 0.4) is 0 Å². The zero-order valence-corrected chi connectivity index (χ0v) is 14.4. The lowest BCUT2D eigenvalue weighted by molar-refractivity contribution is 0.270. The smallest absolute Gasteiger partial charge is 0.0438 e. The number of hydrogen-bond acceptors (Lipinski definition) is 1. The molecule has 0 bridgehead atoms. The van der Waals surface area contributed by atoms with Gasteiger partial charge in [-0.15, -0.1) is 0 Å². The van der Waals surface area contributed by atoms with Crippen LogP contribution in [0.4, 0.5) is 0 Å². The molecule has 0 aliphatic carbocycles. The summed E-state index contributed by atoms with van der Waals surface area (Å²) in [6.45, 7) is 12.3. The van der Waals surface area contributed by atoms with Gasteiger partial charge in [0.25, 0.3) is 0 Å². The van der Waals surface area contributed by atoms with Crippen molar-refractivity contribution in [1.82, 2.24) is 5.32 Å². The van der Waals surface area contributed by atoms with E-state index in [2.05, 4.69) is 52.1 Å². The summed E-state index contributed by atoms with van der Waals surface area (Å²) in [5, 5.41) is 4.57. The van der Waals surface area contributed by atoms with Gasteiger partial charge in [-0.2, -0.15) is 0 Å². The van der Waals surface area contributed by atoms with Gasteiger partial charge in [0, 0.05) is 10.6 Å². The summed E-state index contributed by atoms with van der Waals surface area (Å²) in [7, 11) is 0. The normalized spacial score (nSPS) is 13.8. The van der Waals surface area contributed by atoms with E-state index in [4.69, 9.17) is 11.6 Å². The second-order valence-electron chi connectivity index (χ2n) is 6.76. The van der Waals surface area contributed by atoms with Crippen molar-refractivity contribution >= 4 is 11.6 Å². The van der Waals surface area contributed by atoms with Crippen molar-refractivity contribution in [1.29, 1.82) is 0 Å². The molecule has 0 spiro atoms. The molecule has 0 heterocycles. The second kappa shape index (κ2) is 8.05. The van der Waals surface area contributed by atoms with Crippen LogP contribution in [0.15, 0.2) is 24.3 Å². The second-order valence-corrected chi connectivity index (χ2v) is 7.17. The molecule has 0 saturated heterocycles. The predicted molar refractivity (Wildman–Crippen MR) is 90.5 cm³/mol. The highest BCUT2D eigenvalue weighted by Crippen LogP contribution is 2.27. The summed E-state index contributed by atoms with van der Waals surface area (Å²) in [5.74, 6) is 1.39. The van der Waals surface area contributed by atoms with Crippen molar-refractivity contribution in [2.75, 3.05) is 6.54 Å². The molecule has 0 radical (unpaired) electrons. The lowest BCUT2D eigenvalue weighted by Crippen LogP contribution is -2.41. The number of hydrogen-bond donors (Lipinski definition) is 1. The van der Waals surface area contributed by atoms with Crippen LogP contribution in [-0.4, -0.2) is 12.1 Å². The molecule has 114 valence electrons. The Morgan fingerprint density at radius 2 is 1.65 bits per heavy atom. The summed E-state index contributed by atoms with van der Waals surface area (Å²) < 4.78 is 0. The molecule has 1 N–H and O–H groups in total. The molecular weight excluding hydrogens is 266 g/mol. The summed E-state index contributed by atoms with van der Waals surface area (Å²) in [5.41, 5.74) is 1.45. The number of benzene rings is 1. The van der Waals surface area contributed by atoms with E-state index in [1.54, 1.807) is 0 Å². The highest BCUT2D eigenvalue weighted by atomic mass is 35.5. The van der Waals surface area contributed by atoms with Gasteiger partial charge in [0.15, 0.2) is 0 Å². The lowest BCUT2D eigenvalue weighted by atomic mass is 9.83. The lowest BCUT2D eigenvalue weighted by Gasteiger charge is -2.30. The SMILES string of the molecule is CCC(CC)C(CNC(C)(C)C)Cc1ccccc1Cl. The average molecular weight is 296 g/mol. The van der Waals surface area contributed by atoms with Gasteiger partial charge in [-0.05, 0) is 57.2 Å². The largest absolute Gasteiger partial charge is 0.312 e. The number of rotatable bonds is 7. The quantitative estimate of drug-likeness (QED) is 0.717. The predicted octanol–water partition coefficient (Wildman–Crippen LogP) is 5.32. The van der Waals surface area contributed by atoms with Gasteiger partial charge in [0.1, 0.15) is 0 Å². The minimum Gasteiger partial charge on any atom is -0.312 e. The summed E-state index contributed by atoms with van der Waals surface area (Å²) in [6.07, 6.45) is 3.53. The zero-order valence-electron chi connectivity index (χ0n) is 13.7. The molecule has 1 rings (SSSR count). The number of nitrogens with one attached hydrogen (secondary N) is 1. The average Bonchev–Trinajstić information content (AvgIpc) is 2.38. The van der Waals surface area contributed by atoms with E-state index in [0.717, 1.165) is 23.9 Å². The van der Waals surface area contributed by atoms with Gasteiger partial charge < -0.3 is 5.32 Å². The van der Waals surface area contributed by atoms with Crippen molar-refractivity contribution in [2.45, 2.75) is 59.4 Å². The summed E-state index contributed by atoms with van der Waals surface area (Å²) in [4.78, 5) is 0. The maximum absolute atomic E-state index is 6.33. The molecule has 0 saturated carbocycles. The van der Waals surface area contributed by atoms with E-state index in [9.17, 15) is 0 Å². The molecule has 0 fully saturated rings. The fourth-order valence-corrected chi connectivity index (χ4v) is 2.96. The Balaban J connectivity index is 2.79. The number of halogens is 1. The molecule has 0 aliphatic heterocycles. The maximum atomic E-state index is 6.33. The standard InChI is InChI=1S/C18H30ClN/c1-6-14(7-2)16(13-20-18(3,4)5)12-15-10-8-9-11-17(15)19/h8-11,14,16,20H,6-7,12-13H2,1-5H3. The van der Waals surface area contributed by atoms with E-state index in [1.165, 1.54) is 18.4 Å². The third kappa shape index (κ3) is 5.85. The minimum atomic E-state index is 0.171. The van der Waals surface area contributed by atoms with Crippen LogP contribution in [0.5, 0.6) is 0 Å². The summed E-state index contributed by atoms with van der Waals surface area (Å²) in [6, 6.07) is 8.25. The fourth-order valence-electron chi connectivity index (χ4n) is 2.74. The van der Waals surface area contributed by atoms with Crippen LogP contribution < -0.4 is 5.32 Å². The van der Waals surface area contributed by atoms with E-state index >= 15 is 0 Å². The van der Waals surface area contributed by atoms with Crippen molar-refractivity contribution in [3.63, 3.8) is 0 Å². The summed E-state index contributed by atoms with van der Waals surface area (Å²) >= 11 is 6.33. The molecule has 0 aliphatic rings. The molecule has 20 heavy (non-hydrogen) atoms. The van der Waals surface area contributed by atoms with Gasteiger partial charge in [0.05, 0.1) is 0 Å². The fraction of sp³-hybridized carbons (Fsp3) is 0.667. The topological polar surface area (TPSA) is 12.0 Å². The Morgan fingerprint density at radius 1 is 1.05 bits per heavy atom. The first-order valence-corrected chi connectivity index (χ1v) is 8.23. The maximum Gasteiger partial charge on any atom is 0.0438 e. The first kappa shape index (κ1) is 17.5. The molecule has 0 amide bonds. The van der Waals surface area contributed by atoms with Crippen molar-refractivity contribution < 1.29 is 0 Å². The van der Waals surface area contributed by atoms with E-state index in [-0.39, 0.29) is 5.54 Å². The molecular formula is C18H30ClN. The Labute approximate surface area is 130 Å². The van der Waals surface area contributed by atoms with Crippen molar-refractivity contribution in [2.24, 2.45) is 11.8 Å². The van der Waals surface area contributed by atoms with Gasteiger partial charge in [0.2, 0.25) is 0 Å². The van der Waals surface area contributed by atoms with Gasteiger partial charge in [-0.25, -0.2) is 0 Å². The molecule has 1 aromatic carbocycles. The first-order valence-electron chi connectivity index (χ1n) is 7.85. The zero-order chi connectivity index (χ0) is 15.2. The van der Waals surface area contributed by atoms with E-state index in [1.807, 2.05) is 12.1 Å². The van der Waals surface area contributed by atoms with E-state index < -0.39 is 0 Å². The molecule has 1 aromatic rings. The van der Waals surface area contributed by atoms with Gasteiger partial charge in [-0.1, -0.05) is 56.5 Å².